The molecule has 0 amide bonds. The summed E-state index contributed by atoms with van der Waals surface area (Å²) in [4.78, 5) is 26.8. The van der Waals surface area contributed by atoms with Crippen LogP contribution in [0.2, 0.25) is 0 Å². The Bertz CT molecular complexity index is 1170. The highest BCUT2D eigenvalue weighted by Gasteiger charge is 2.33. The van der Waals surface area contributed by atoms with E-state index >= 15 is 0 Å². The van der Waals surface area contributed by atoms with Crippen LogP contribution in [0.1, 0.15) is 54.0 Å². The summed E-state index contributed by atoms with van der Waals surface area (Å²) in [5.41, 5.74) is -3.15. The summed E-state index contributed by atoms with van der Waals surface area (Å²) >= 11 is 0. The predicted molar refractivity (Wildman–Crippen MR) is 105 cm³/mol. The topological polar surface area (TPSA) is 122 Å². The second-order valence-electron chi connectivity index (χ2n) is 7.18. The lowest BCUT2D eigenvalue weighted by Crippen LogP contribution is -2.28. The zero-order valence-corrected chi connectivity index (χ0v) is 16.3. The molecule has 0 saturated heterocycles. The SMILES string of the molecule is Cc1c(C=Nc2ccc(C(F)(F)F)cc2[N+](=O)[O-])c(O)n(C2CCCC2)c(=O)c1C#N. The Morgan fingerprint density at radius 3 is 2.55 bits per heavy atom. The van der Waals surface area contributed by atoms with Crippen molar-refractivity contribution < 1.29 is 23.2 Å². The van der Waals surface area contributed by atoms with Gasteiger partial charge < -0.3 is 5.11 Å². The standard InChI is InChI=1S/C20H17F3N4O4/c1-11-14(9-24)18(28)26(13-4-2-3-5-13)19(29)15(11)10-25-16-7-6-12(20(21,22)23)8-17(16)27(30)31/h6-8,10,13,29H,2-5H2,1H3. The number of nitriles is 1. The second-order valence-corrected chi connectivity index (χ2v) is 7.18. The third-order valence-electron chi connectivity index (χ3n) is 5.31. The van der Waals surface area contributed by atoms with Gasteiger partial charge in [0.15, 0.2) is 0 Å². The first-order chi connectivity index (χ1) is 14.6. The van der Waals surface area contributed by atoms with E-state index in [0.29, 0.717) is 25.0 Å². The molecule has 1 aromatic carbocycles. The number of pyridine rings is 1. The van der Waals surface area contributed by atoms with Gasteiger partial charge in [-0.2, -0.15) is 18.4 Å². The number of nitrogens with zero attached hydrogens (tertiary/aromatic N) is 4. The molecular weight excluding hydrogens is 417 g/mol. The highest BCUT2D eigenvalue weighted by molar-refractivity contribution is 5.88. The summed E-state index contributed by atoms with van der Waals surface area (Å²) in [5.74, 6) is -0.438. The summed E-state index contributed by atoms with van der Waals surface area (Å²) in [7, 11) is 0. The van der Waals surface area contributed by atoms with Gasteiger partial charge in [0.2, 0.25) is 5.88 Å². The Labute approximate surface area is 174 Å². The van der Waals surface area contributed by atoms with Crippen LogP contribution in [0.5, 0.6) is 5.88 Å². The number of hydrogen-bond acceptors (Lipinski definition) is 6. The molecule has 11 heteroatoms. The van der Waals surface area contributed by atoms with E-state index in [-0.39, 0.29) is 28.4 Å². The van der Waals surface area contributed by atoms with Gasteiger partial charge in [0, 0.05) is 18.3 Å². The van der Waals surface area contributed by atoms with E-state index < -0.39 is 33.8 Å². The zero-order chi connectivity index (χ0) is 22.9. The van der Waals surface area contributed by atoms with Crippen molar-refractivity contribution in [2.75, 3.05) is 0 Å². The maximum Gasteiger partial charge on any atom is 0.416 e. The molecule has 1 aromatic heterocycles. The number of benzene rings is 1. The van der Waals surface area contributed by atoms with Crippen molar-refractivity contribution in [2.24, 2.45) is 4.99 Å². The normalized spacial score (nSPS) is 14.8. The molecule has 1 N–H and O–H groups in total. The highest BCUT2D eigenvalue weighted by atomic mass is 19.4. The third-order valence-corrected chi connectivity index (χ3v) is 5.31. The summed E-state index contributed by atoms with van der Waals surface area (Å²) in [5, 5.41) is 31.4. The minimum absolute atomic E-state index is 0.00255. The van der Waals surface area contributed by atoms with Gasteiger partial charge in [0.05, 0.1) is 16.1 Å². The first-order valence-corrected chi connectivity index (χ1v) is 9.34. The van der Waals surface area contributed by atoms with Crippen molar-refractivity contribution in [1.82, 2.24) is 4.57 Å². The van der Waals surface area contributed by atoms with Crippen molar-refractivity contribution in [2.45, 2.75) is 44.8 Å². The number of alkyl halides is 3. The van der Waals surface area contributed by atoms with Crippen LogP contribution in [0.25, 0.3) is 0 Å². The minimum atomic E-state index is -4.76. The van der Waals surface area contributed by atoms with Gasteiger partial charge >= 0.3 is 6.18 Å². The zero-order valence-electron chi connectivity index (χ0n) is 16.3. The largest absolute Gasteiger partial charge is 0.494 e. The smallest absolute Gasteiger partial charge is 0.416 e. The molecule has 8 nitrogen and oxygen atoms in total. The highest BCUT2D eigenvalue weighted by Crippen LogP contribution is 2.37. The average Bonchev–Trinajstić information content (AvgIpc) is 3.21. The fraction of sp³-hybridized carbons (Fsp3) is 0.350. The van der Waals surface area contributed by atoms with E-state index in [1.807, 2.05) is 6.07 Å². The molecule has 1 saturated carbocycles. The minimum Gasteiger partial charge on any atom is -0.494 e. The number of rotatable bonds is 4. The second kappa shape index (κ2) is 8.22. The van der Waals surface area contributed by atoms with Gasteiger partial charge in [0.1, 0.15) is 17.3 Å². The Hall–Kier alpha value is -3.68. The molecule has 1 aliphatic rings. The molecule has 0 atom stereocenters. The van der Waals surface area contributed by atoms with Crippen molar-refractivity contribution in [1.29, 1.82) is 5.26 Å². The maximum atomic E-state index is 12.9. The Balaban J connectivity index is 2.15. The Morgan fingerprint density at radius 1 is 1.35 bits per heavy atom. The van der Waals surface area contributed by atoms with Crippen LogP contribution in [0.4, 0.5) is 24.5 Å². The summed E-state index contributed by atoms with van der Waals surface area (Å²) in [6.07, 6.45) is -0.752. The molecule has 1 fully saturated rings. The van der Waals surface area contributed by atoms with E-state index in [2.05, 4.69) is 4.99 Å². The number of nitro benzene ring substituents is 1. The molecule has 3 rings (SSSR count). The first-order valence-electron chi connectivity index (χ1n) is 9.34. The molecule has 0 aliphatic heterocycles. The van der Waals surface area contributed by atoms with Crippen LogP contribution in [-0.4, -0.2) is 20.8 Å². The molecule has 0 spiro atoms. The third kappa shape index (κ3) is 4.14. The predicted octanol–water partition coefficient (Wildman–Crippen LogP) is 4.53. The molecule has 0 radical (unpaired) electrons. The van der Waals surface area contributed by atoms with Crippen molar-refractivity contribution in [3.63, 3.8) is 0 Å². The maximum absolute atomic E-state index is 12.9. The summed E-state index contributed by atoms with van der Waals surface area (Å²) < 4.78 is 39.8. The van der Waals surface area contributed by atoms with Gasteiger partial charge in [-0.15, -0.1) is 0 Å². The number of aliphatic imine (C=N–C) groups is 1. The van der Waals surface area contributed by atoms with Crippen molar-refractivity contribution in [3.8, 4) is 11.9 Å². The molecule has 1 aliphatic carbocycles. The fourth-order valence-electron chi connectivity index (χ4n) is 3.69. The van der Waals surface area contributed by atoms with E-state index in [1.165, 1.54) is 6.92 Å². The van der Waals surface area contributed by atoms with Crippen LogP contribution in [0.3, 0.4) is 0 Å². The number of aromatic hydroxyl groups is 1. The van der Waals surface area contributed by atoms with E-state index in [9.17, 15) is 38.4 Å². The summed E-state index contributed by atoms with van der Waals surface area (Å²) in [6, 6.07) is 3.39. The molecule has 2 aromatic rings. The number of hydrogen-bond donors (Lipinski definition) is 1. The van der Waals surface area contributed by atoms with Crippen molar-refractivity contribution >= 4 is 17.6 Å². The van der Waals surface area contributed by atoms with Crippen LogP contribution in [0, 0.1) is 28.4 Å². The Morgan fingerprint density at radius 2 is 2.00 bits per heavy atom. The fourth-order valence-corrected chi connectivity index (χ4v) is 3.69. The molecule has 31 heavy (non-hydrogen) atoms. The van der Waals surface area contributed by atoms with Gasteiger partial charge in [0.25, 0.3) is 11.2 Å². The van der Waals surface area contributed by atoms with E-state index in [0.717, 1.165) is 29.7 Å². The van der Waals surface area contributed by atoms with Crippen LogP contribution in [0.15, 0.2) is 28.0 Å². The van der Waals surface area contributed by atoms with Crippen LogP contribution >= 0.6 is 0 Å². The monoisotopic (exact) mass is 434 g/mol. The van der Waals surface area contributed by atoms with Crippen molar-refractivity contribution in [3.05, 3.63) is 60.9 Å². The lowest BCUT2D eigenvalue weighted by Gasteiger charge is -2.19. The number of nitro groups is 1. The molecule has 1 heterocycles. The molecule has 0 bridgehead atoms. The molecule has 0 unspecified atom stereocenters. The van der Waals surface area contributed by atoms with E-state index in [4.69, 9.17) is 0 Å². The van der Waals surface area contributed by atoms with Gasteiger partial charge in [-0.05, 0) is 37.5 Å². The summed E-state index contributed by atoms with van der Waals surface area (Å²) in [6.45, 7) is 1.42. The number of aromatic nitrogens is 1. The Kier molecular flexibility index (Phi) is 5.83. The lowest BCUT2D eigenvalue weighted by atomic mass is 10.0. The van der Waals surface area contributed by atoms with Gasteiger partial charge in [-0.3, -0.25) is 19.5 Å². The first kappa shape index (κ1) is 22.0. The molecule has 162 valence electrons. The quantitative estimate of drug-likeness (QED) is 0.431. The van der Waals surface area contributed by atoms with Crippen LogP contribution in [-0.2, 0) is 6.18 Å². The number of halogens is 3. The van der Waals surface area contributed by atoms with Crippen LogP contribution < -0.4 is 5.56 Å². The van der Waals surface area contributed by atoms with Gasteiger partial charge in [-0.1, -0.05) is 12.8 Å². The lowest BCUT2D eigenvalue weighted by molar-refractivity contribution is -0.384. The average molecular weight is 434 g/mol. The molecular formula is C20H17F3N4O4. The van der Waals surface area contributed by atoms with Gasteiger partial charge in [-0.25, -0.2) is 4.99 Å². The van der Waals surface area contributed by atoms with E-state index in [1.54, 1.807) is 0 Å².